The molecular formula is C28H35F4NO6. The van der Waals surface area contributed by atoms with Crippen LogP contribution in [-0.4, -0.2) is 60.4 Å². The molecule has 11 heteroatoms. The molecule has 0 aliphatic rings. The predicted molar refractivity (Wildman–Crippen MR) is 136 cm³/mol. The maximum absolute atomic E-state index is 13.9. The highest BCUT2D eigenvalue weighted by Crippen LogP contribution is 2.20. The lowest BCUT2D eigenvalue weighted by Crippen LogP contribution is -2.36. The van der Waals surface area contributed by atoms with E-state index in [9.17, 15) is 32.3 Å². The van der Waals surface area contributed by atoms with E-state index in [1.54, 1.807) is 31.2 Å². The summed E-state index contributed by atoms with van der Waals surface area (Å²) in [7, 11) is 0. The van der Waals surface area contributed by atoms with Crippen molar-refractivity contribution >= 4 is 12.1 Å². The Kier molecular flexibility index (Phi) is 13.0. The average molecular weight is 558 g/mol. The molecule has 39 heavy (non-hydrogen) atoms. The molecule has 216 valence electrons. The van der Waals surface area contributed by atoms with Crippen LogP contribution in [0.2, 0.25) is 0 Å². The molecule has 1 amide bonds. The summed E-state index contributed by atoms with van der Waals surface area (Å²) in [6.45, 7) is 2.88. The molecule has 2 rings (SSSR count). The van der Waals surface area contributed by atoms with E-state index >= 15 is 0 Å². The van der Waals surface area contributed by atoms with Crippen molar-refractivity contribution in [3.05, 3.63) is 65.2 Å². The normalized spacial score (nSPS) is 12.2. The fourth-order valence-electron chi connectivity index (χ4n) is 3.71. The molecule has 0 spiro atoms. The van der Waals surface area contributed by atoms with Gasteiger partial charge in [0.05, 0.1) is 6.54 Å². The van der Waals surface area contributed by atoms with Gasteiger partial charge in [0.2, 0.25) is 5.92 Å². The van der Waals surface area contributed by atoms with Crippen LogP contribution >= 0.6 is 0 Å². The summed E-state index contributed by atoms with van der Waals surface area (Å²) >= 11 is 0. The highest BCUT2D eigenvalue weighted by atomic mass is 19.3. The number of halogens is 4. The topological polar surface area (TPSA) is 85.3 Å². The largest absolute Gasteiger partial charge is 0.492 e. The van der Waals surface area contributed by atoms with E-state index in [0.717, 1.165) is 18.6 Å². The van der Waals surface area contributed by atoms with E-state index < -0.39 is 42.3 Å². The van der Waals surface area contributed by atoms with Gasteiger partial charge in [0.25, 0.3) is 0 Å². The van der Waals surface area contributed by atoms with E-state index in [-0.39, 0.29) is 44.7 Å². The molecule has 0 saturated carbocycles. The molecule has 0 saturated heterocycles. The monoisotopic (exact) mass is 557 g/mol. The van der Waals surface area contributed by atoms with Gasteiger partial charge in [-0.2, -0.15) is 0 Å². The van der Waals surface area contributed by atoms with Gasteiger partial charge < -0.3 is 24.2 Å². The van der Waals surface area contributed by atoms with Crippen LogP contribution in [0, 0.1) is 11.6 Å². The predicted octanol–water partition coefficient (Wildman–Crippen LogP) is 6.23. The number of alkyl halides is 2. The smallest absolute Gasteiger partial charge is 0.410 e. The fraction of sp³-hybridized carbons (Fsp3) is 0.500. The van der Waals surface area contributed by atoms with E-state index in [1.165, 1.54) is 11.0 Å². The van der Waals surface area contributed by atoms with Crippen LogP contribution in [0.15, 0.2) is 42.5 Å². The summed E-state index contributed by atoms with van der Waals surface area (Å²) in [5, 5.41) is 9.23. The number of carboxylic acid groups (broad SMARTS) is 1. The molecule has 0 radical (unpaired) electrons. The SMILES string of the molecule is CCOC(Cc1ccc(OCCN(CCCCCC(C)(F)F)C(=O)OCc2ccc(F)cc2F)cc1)C(=O)O. The van der Waals surface area contributed by atoms with Gasteiger partial charge in [-0.3, -0.25) is 0 Å². The lowest BCUT2D eigenvalue weighted by atomic mass is 10.1. The van der Waals surface area contributed by atoms with Gasteiger partial charge in [-0.1, -0.05) is 18.6 Å². The van der Waals surface area contributed by atoms with Gasteiger partial charge in [0.15, 0.2) is 6.10 Å². The zero-order chi connectivity index (χ0) is 28.8. The first-order chi connectivity index (χ1) is 18.5. The molecule has 7 nitrogen and oxygen atoms in total. The second-order valence-electron chi connectivity index (χ2n) is 9.14. The number of hydrogen-bond donors (Lipinski definition) is 1. The summed E-state index contributed by atoms with van der Waals surface area (Å²) in [6, 6.07) is 9.73. The second kappa shape index (κ2) is 15.9. The summed E-state index contributed by atoms with van der Waals surface area (Å²) in [5.41, 5.74) is 0.764. The minimum absolute atomic E-state index is 0.0145. The Morgan fingerprint density at radius 3 is 2.36 bits per heavy atom. The lowest BCUT2D eigenvalue weighted by Gasteiger charge is -2.22. The van der Waals surface area contributed by atoms with Crippen LogP contribution in [-0.2, 0) is 27.3 Å². The molecule has 2 aromatic carbocycles. The number of amides is 1. The molecule has 2 aromatic rings. The van der Waals surface area contributed by atoms with Gasteiger partial charge in [-0.25, -0.2) is 27.2 Å². The van der Waals surface area contributed by atoms with Gasteiger partial charge in [-0.15, -0.1) is 0 Å². The van der Waals surface area contributed by atoms with Gasteiger partial charge >= 0.3 is 12.1 Å². The summed E-state index contributed by atoms with van der Waals surface area (Å²) in [6.07, 6.45) is -0.527. The third kappa shape index (κ3) is 12.4. The molecule has 0 aromatic heterocycles. The number of hydrogen-bond acceptors (Lipinski definition) is 5. The highest BCUT2D eigenvalue weighted by Gasteiger charge is 2.21. The molecule has 1 N–H and O–H groups in total. The minimum Gasteiger partial charge on any atom is -0.492 e. The maximum Gasteiger partial charge on any atom is 0.410 e. The van der Waals surface area contributed by atoms with E-state index in [2.05, 4.69) is 0 Å². The summed E-state index contributed by atoms with van der Waals surface area (Å²) in [4.78, 5) is 25.3. The number of nitrogens with zero attached hydrogens (tertiary/aromatic N) is 1. The van der Waals surface area contributed by atoms with Crippen LogP contribution in [0.4, 0.5) is 22.4 Å². The molecule has 0 bridgehead atoms. The number of unbranched alkanes of at least 4 members (excludes halogenated alkanes) is 2. The summed E-state index contributed by atoms with van der Waals surface area (Å²) in [5.74, 6) is -4.89. The first kappa shape index (κ1) is 31.9. The number of carbonyl (C=O) groups excluding carboxylic acids is 1. The number of rotatable bonds is 17. The molecule has 0 fully saturated rings. The van der Waals surface area contributed by atoms with Gasteiger partial charge in [0, 0.05) is 37.6 Å². The Labute approximate surface area is 225 Å². The average Bonchev–Trinajstić information content (AvgIpc) is 2.86. The van der Waals surface area contributed by atoms with E-state index in [1.807, 2.05) is 0 Å². The number of carbonyl (C=O) groups is 2. The van der Waals surface area contributed by atoms with Crippen LogP contribution in [0.1, 0.15) is 50.7 Å². The van der Waals surface area contributed by atoms with Crippen LogP contribution in [0.25, 0.3) is 0 Å². The van der Waals surface area contributed by atoms with Crippen molar-refractivity contribution in [1.29, 1.82) is 0 Å². The van der Waals surface area contributed by atoms with Crippen LogP contribution in [0.5, 0.6) is 5.75 Å². The first-order valence-corrected chi connectivity index (χ1v) is 12.8. The van der Waals surface area contributed by atoms with Crippen molar-refractivity contribution in [2.45, 2.75) is 64.6 Å². The maximum atomic E-state index is 13.9. The Bertz CT molecular complexity index is 1050. The third-order valence-electron chi connectivity index (χ3n) is 5.79. The zero-order valence-corrected chi connectivity index (χ0v) is 22.1. The first-order valence-electron chi connectivity index (χ1n) is 12.8. The Hall–Kier alpha value is -3.34. The molecule has 1 atom stereocenters. The number of aliphatic carboxylic acids is 1. The van der Waals surface area contributed by atoms with E-state index in [4.69, 9.17) is 14.2 Å². The Balaban J connectivity index is 1.91. The lowest BCUT2D eigenvalue weighted by molar-refractivity contribution is -0.149. The molecule has 1 unspecified atom stereocenters. The quantitative estimate of drug-likeness (QED) is 0.183. The van der Waals surface area contributed by atoms with Crippen molar-refractivity contribution in [2.24, 2.45) is 0 Å². The number of benzene rings is 2. The van der Waals surface area contributed by atoms with Gasteiger partial charge in [-0.05, 0) is 56.5 Å². The second-order valence-corrected chi connectivity index (χ2v) is 9.14. The molecule has 0 aliphatic carbocycles. The van der Waals surface area contributed by atoms with Gasteiger partial charge in [0.1, 0.15) is 30.6 Å². The van der Waals surface area contributed by atoms with Crippen LogP contribution in [0.3, 0.4) is 0 Å². The number of ether oxygens (including phenoxy) is 3. The molecule has 0 heterocycles. The molecule has 0 aliphatic heterocycles. The van der Waals surface area contributed by atoms with Crippen molar-refractivity contribution < 1.29 is 46.5 Å². The van der Waals surface area contributed by atoms with Crippen molar-refractivity contribution in [3.63, 3.8) is 0 Å². The fourth-order valence-corrected chi connectivity index (χ4v) is 3.71. The van der Waals surface area contributed by atoms with Crippen molar-refractivity contribution in [1.82, 2.24) is 4.90 Å². The number of carboxylic acids is 1. The molecular weight excluding hydrogens is 522 g/mol. The third-order valence-corrected chi connectivity index (χ3v) is 5.79. The van der Waals surface area contributed by atoms with E-state index in [0.29, 0.717) is 31.1 Å². The van der Waals surface area contributed by atoms with Crippen LogP contribution < -0.4 is 4.74 Å². The highest BCUT2D eigenvalue weighted by molar-refractivity contribution is 5.72. The zero-order valence-electron chi connectivity index (χ0n) is 22.1. The van der Waals surface area contributed by atoms with Crippen molar-refractivity contribution in [2.75, 3.05) is 26.3 Å². The minimum atomic E-state index is -2.75. The summed E-state index contributed by atoms with van der Waals surface area (Å²) < 4.78 is 69.3. The Morgan fingerprint density at radius 1 is 1.03 bits per heavy atom. The van der Waals surface area contributed by atoms with Crippen molar-refractivity contribution in [3.8, 4) is 5.75 Å². The Morgan fingerprint density at radius 2 is 1.74 bits per heavy atom. The standard InChI is InChI=1S/C28H35F4NO6/c1-3-37-25(26(34)35)17-20-7-11-23(12-8-20)38-16-15-33(14-6-4-5-13-28(2,31)32)27(36)39-19-21-9-10-22(29)18-24(21)30/h7-12,18,25H,3-6,13-17,19H2,1-2H3,(H,34,35).